The van der Waals surface area contributed by atoms with Gasteiger partial charge < -0.3 is 15.1 Å². The molecule has 1 aliphatic heterocycles. The van der Waals surface area contributed by atoms with Crippen molar-refractivity contribution in [2.24, 2.45) is 5.73 Å². The summed E-state index contributed by atoms with van der Waals surface area (Å²) in [5.41, 5.74) is 5.95. The van der Waals surface area contributed by atoms with Crippen LogP contribution in [0, 0.1) is 0 Å². The van der Waals surface area contributed by atoms with Gasteiger partial charge in [0.1, 0.15) is 11.6 Å². The van der Waals surface area contributed by atoms with E-state index in [9.17, 15) is 0 Å². The van der Waals surface area contributed by atoms with Crippen LogP contribution < -0.4 is 10.6 Å². The van der Waals surface area contributed by atoms with Crippen molar-refractivity contribution < 1.29 is 4.42 Å². The molecule has 0 amide bonds. The minimum absolute atomic E-state index is 0.141. The maximum atomic E-state index is 5.95. The van der Waals surface area contributed by atoms with E-state index in [-0.39, 0.29) is 6.04 Å². The Kier molecular flexibility index (Phi) is 4.57. The number of rotatable bonds is 4. The van der Waals surface area contributed by atoms with Crippen LogP contribution in [-0.2, 0) is 0 Å². The first-order valence-electron chi connectivity index (χ1n) is 7.13. The largest absolute Gasteiger partial charge is 0.453 e. The molecular weight excluding hydrogens is 332 g/mol. The van der Waals surface area contributed by atoms with Crippen molar-refractivity contribution in [2.45, 2.75) is 6.04 Å². The summed E-state index contributed by atoms with van der Waals surface area (Å²) >= 11 is 3.35. The fourth-order valence-corrected chi connectivity index (χ4v) is 3.08. The van der Waals surface area contributed by atoms with E-state index < -0.39 is 0 Å². The first kappa shape index (κ1) is 14.6. The molecule has 0 aromatic carbocycles. The number of hydrogen-bond acceptors (Lipinski definition) is 5. The van der Waals surface area contributed by atoms with Crippen LogP contribution in [0.25, 0.3) is 0 Å². The summed E-state index contributed by atoms with van der Waals surface area (Å²) in [4.78, 5) is 9.10. The number of aromatic nitrogens is 1. The Labute approximate surface area is 132 Å². The molecule has 112 valence electrons. The van der Waals surface area contributed by atoms with Crippen molar-refractivity contribution in [2.75, 3.05) is 37.6 Å². The van der Waals surface area contributed by atoms with E-state index in [0.29, 0.717) is 6.54 Å². The molecule has 3 heterocycles. The second-order valence-corrected chi connectivity index (χ2v) is 5.89. The van der Waals surface area contributed by atoms with Gasteiger partial charge in [-0.15, -0.1) is 0 Å². The van der Waals surface area contributed by atoms with E-state index in [4.69, 9.17) is 10.2 Å². The second-order valence-electron chi connectivity index (χ2n) is 5.10. The van der Waals surface area contributed by atoms with Crippen molar-refractivity contribution in [3.05, 3.63) is 47.0 Å². The molecule has 6 heteroatoms. The van der Waals surface area contributed by atoms with Gasteiger partial charge in [0.2, 0.25) is 0 Å². The zero-order valence-electron chi connectivity index (χ0n) is 11.8. The molecule has 1 saturated heterocycles. The lowest BCUT2D eigenvalue weighted by Gasteiger charge is -2.38. The van der Waals surface area contributed by atoms with Crippen molar-refractivity contribution in [3.8, 4) is 0 Å². The first-order chi connectivity index (χ1) is 10.3. The van der Waals surface area contributed by atoms with Gasteiger partial charge in [-0.2, -0.15) is 0 Å². The maximum Gasteiger partial charge on any atom is 0.169 e. The predicted molar refractivity (Wildman–Crippen MR) is 86.2 cm³/mol. The molecule has 3 rings (SSSR count). The molecule has 5 nitrogen and oxygen atoms in total. The highest BCUT2D eigenvalue weighted by Crippen LogP contribution is 2.26. The molecule has 0 bridgehead atoms. The molecule has 0 saturated carbocycles. The molecule has 2 aromatic heterocycles. The minimum Gasteiger partial charge on any atom is -0.453 e. The monoisotopic (exact) mass is 350 g/mol. The van der Waals surface area contributed by atoms with Crippen molar-refractivity contribution in [3.63, 3.8) is 0 Å². The fraction of sp³-hybridized carbons (Fsp3) is 0.400. The van der Waals surface area contributed by atoms with Crippen molar-refractivity contribution in [1.82, 2.24) is 9.88 Å². The van der Waals surface area contributed by atoms with Gasteiger partial charge in [0.15, 0.2) is 4.67 Å². The quantitative estimate of drug-likeness (QED) is 0.916. The van der Waals surface area contributed by atoms with Crippen molar-refractivity contribution >= 4 is 21.7 Å². The van der Waals surface area contributed by atoms with Crippen LogP contribution in [0.3, 0.4) is 0 Å². The highest BCUT2D eigenvalue weighted by molar-refractivity contribution is 9.10. The third-order valence-electron chi connectivity index (χ3n) is 3.87. The van der Waals surface area contributed by atoms with E-state index in [1.165, 1.54) is 0 Å². The second kappa shape index (κ2) is 6.60. The Morgan fingerprint density at radius 2 is 2.00 bits per heavy atom. The molecule has 0 radical (unpaired) electrons. The van der Waals surface area contributed by atoms with E-state index in [1.807, 2.05) is 30.5 Å². The lowest BCUT2D eigenvalue weighted by Crippen LogP contribution is -2.49. The number of furan rings is 1. The molecule has 1 unspecified atom stereocenters. The van der Waals surface area contributed by atoms with E-state index in [0.717, 1.165) is 42.4 Å². The van der Waals surface area contributed by atoms with Gasteiger partial charge in [0, 0.05) is 38.9 Å². The van der Waals surface area contributed by atoms with Crippen LogP contribution in [-0.4, -0.2) is 42.6 Å². The van der Waals surface area contributed by atoms with Crippen LogP contribution in [0.4, 0.5) is 5.82 Å². The number of halogens is 1. The van der Waals surface area contributed by atoms with Gasteiger partial charge in [-0.25, -0.2) is 4.98 Å². The Hall–Kier alpha value is -1.37. The summed E-state index contributed by atoms with van der Waals surface area (Å²) in [5, 5.41) is 0. The van der Waals surface area contributed by atoms with Gasteiger partial charge in [0.05, 0.1) is 6.04 Å². The Balaban J connectivity index is 1.64. The Morgan fingerprint density at radius 1 is 1.19 bits per heavy atom. The number of pyridine rings is 1. The maximum absolute atomic E-state index is 5.95. The molecule has 1 aliphatic rings. The number of nitrogens with two attached hydrogens (primary N) is 1. The fourth-order valence-electron chi connectivity index (χ4n) is 2.76. The molecule has 2 aromatic rings. The van der Waals surface area contributed by atoms with Gasteiger partial charge in [0.25, 0.3) is 0 Å². The molecule has 21 heavy (non-hydrogen) atoms. The zero-order chi connectivity index (χ0) is 14.7. The highest BCUT2D eigenvalue weighted by Gasteiger charge is 2.26. The standard InChI is InChI=1S/C15H19BrN4O/c16-14-5-4-13(21-14)12(11-17)19-7-9-20(10-8-19)15-3-1-2-6-18-15/h1-6,12H,7-11,17H2. The minimum atomic E-state index is 0.141. The first-order valence-corrected chi connectivity index (χ1v) is 7.92. The van der Waals surface area contributed by atoms with Crippen LogP contribution in [0.15, 0.2) is 45.6 Å². The molecule has 2 N–H and O–H groups in total. The summed E-state index contributed by atoms with van der Waals surface area (Å²) in [6, 6.07) is 10.1. The topological polar surface area (TPSA) is 58.5 Å². The normalized spacial score (nSPS) is 17.9. The summed E-state index contributed by atoms with van der Waals surface area (Å²) in [7, 11) is 0. The third-order valence-corrected chi connectivity index (χ3v) is 4.30. The SMILES string of the molecule is NCC(c1ccc(Br)o1)N1CCN(c2ccccn2)CC1. The average Bonchev–Trinajstić information content (AvgIpc) is 2.96. The summed E-state index contributed by atoms with van der Waals surface area (Å²) in [5.74, 6) is 1.97. The number of hydrogen-bond donors (Lipinski definition) is 1. The smallest absolute Gasteiger partial charge is 0.169 e. The molecular formula is C15H19BrN4O. The van der Waals surface area contributed by atoms with Gasteiger partial charge in [-0.05, 0) is 40.2 Å². The average molecular weight is 351 g/mol. The summed E-state index contributed by atoms with van der Waals surface area (Å²) in [6.07, 6.45) is 1.84. The van der Waals surface area contributed by atoms with Crippen LogP contribution in [0.5, 0.6) is 0 Å². The lowest BCUT2D eigenvalue weighted by molar-refractivity contribution is 0.168. The highest BCUT2D eigenvalue weighted by atomic mass is 79.9. The predicted octanol–water partition coefficient (Wildman–Crippen LogP) is 2.26. The zero-order valence-corrected chi connectivity index (χ0v) is 13.4. The Morgan fingerprint density at radius 3 is 2.57 bits per heavy atom. The van der Waals surface area contributed by atoms with E-state index in [2.05, 4.69) is 36.8 Å². The number of piperazine rings is 1. The van der Waals surface area contributed by atoms with Gasteiger partial charge in [-0.3, -0.25) is 4.90 Å². The van der Waals surface area contributed by atoms with E-state index in [1.54, 1.807) is 0 Å². The summed E-state index contributed by atoms with van der Waals surface area (Å²) in [6.45, 7) is 4.38. The molecule has 1 fully saturated rings. The van der Waals surface area contributed by atoms with Gasteiger partial charge >= 0.3 is 0 Å². The van der Waals surface area contributed by atoms with E-state index >= 15 is 0 Å². The Bertz CT molecular complexity index is 566. The van der Waals surface area contributed by atoms with Crippen molar-refractivity contribution in [1.29, 1.82) is 0 Å². The third kappa shape index (κ3) is 3.28. The molecule has 1 atom stereocenters. The molecule has 0 aliphatic carbocycles. The number of anilines is 1. The van der Waals surface area contributed by atoms with Crippen LogP contribution in [0.1, 0.15) is 11.8 Å². The summed E-state index contributed by atoms with van der Waals surface area (Å²) < 4.78 is 6.42. The van der Waals surface area contributed by atoms with Crippen LogP contribution in [0.2, 0.25) is 0 Å². The lowest BCUT2D eigenvalue weighted by atomic mass is 10.1. The number of nitrogens with zero attached hydrogens (tertiary/aromatic N) is 3. The molecule has 0 spiro atoms. The van der Waals surface area contributed by atoms with Crippen LogP contribution >= 0.6 is 15.9 Å². The van der Waals surface area contributed by atoms with Gasteiger partial charge in [-0.1, -0.05) is 6.07 Å².